The molecule has 0 heterocycles. The van der Waals surface area contributed by atoms with Crippen LogP contribution in [0.1, 0.15) is 63.9 Å². The van der Waals surface area contributed by atoms with Crippen LogP contribution in [-0.4, -0.2) is 24.6 Å². The van der Waals surface area contributed by atoms with E-state index < -0.39 is 16.8 Å². The Kier molecular flexibility index (Phi) is 5.37. The van der Waals surface area contributed by atoms with Gasteiger partial charge in [-0.15, -0.1) is 0 Å². The molecule has 0 aliphatic heterocycles. The SMILES string of the molecule is CNc1c(OC(C)=O)ccc(C(=O)C2=C(C)C(C)(C)C(=O)C(C)(C)C2)c1C. The van der Waals surface area contributed by atoms with Gasteiger partial charge in [0.2, 0.25) is 0 Å². The van der Waals surface area contributed by atoms with Crippen LogP contribution < -0.4 is 10.1 Å². The first-order valence-electron chi connectivity index (χ1n) is 9.14. The van der Waals surface area contributed by atoms with E-state index in [1.165, 1.54) is 6.92 Å². The summed E-state index contributed by atoms with van der Waals surface area (Å²) in [5, 5.41) is 3.02. The van der Waals surface area contributed by atoms with Crippen LogP contribution >= 0.6 is 0 Å². The van der Waals surface area contributed by atoms with E-state index in [2.05, 4.69) is 5.32 Å². The molecular formula is C22H29NO4. The van der Waals surface area contributed by atoms with Crippen LogP contribution in [0.4, 0.5) is 5.69 Å². The van der Waals surface area contributed by atoms with Crippen LogP contribution in [0.3, 0.4) is 0 Å². The monoisotopic (exact) mass is 371 g/mol. The number of hydrogen-bond acceptors (Lipinski definition) is 5. The quantitative estimate of drug-likeness (QED) is 0.480. The summed E-state index contributed by atoms with van der Waals surface area (Å²) in [4.78, 5) is 37.5. The first-order valence-corrected chi connectivity index (χ1v) is 9.14. The molecule has 5 heteroatoms. The van der Waals surface area contributed by atoms with Crippen molar-refractivity contribution < 1.29 is 19.1 Å². The summed E-state index contributed by atoms with van der Waals surface area (Å²) in [7, 11) is 1.72. The smallest absolute Gasteiger partial charge is 0.308 e. The molecule has 0 saturated heterocycles. The van der Waals surface area contributed by atoms with Crippen molar-refractivity contribution in [3.05, 3.63) is 34.4 Å². The molecule has 1 aromatic rings. The third kappa shape index (κ3) is 3.55. The van der Waals surface area contributed by atoms with Gasteiger partial charge >= 0.3 is 5.97 Å². The van der Waals surface area contributed by atoms with Crippen LogP contribution in [0, 0.1) is 17.8 Å². The maximum absolute atomic E-state index is 13.4. The van der Waals surface area contributed by atoms with Gasteiger partial charge in [0.25, 0.3) is 0 Å². The summed E-state index contributed by atoms with van der Waals surface area (Å²) >= 11 is 0. The summed E-state index contributed by atoms with van der Waals surface area (Å²) in [6.07, 6.45) is 0.417. The lowest BCUT2D eigenvalue weighted by Crippen LogP contribution is -2.43. The number of Topliss-reactive ketones (excluding diaryl/α,β-unsaturated/α-hetero) is 2. The zero-order chi connectivity index (χ0) is 20.7. The second-order valence-electron chi connectivity index (χ2n) is 8.40. The van der Waals surface area contributed by atoms with E-state index in [-0.39, 0.29) is 11.6 Å². The number of ether oxygens (including phenoxy) is 1. The summed E-state index contributed by atoms with van der Waals surface area (Å²) in [5.74, 6) is 0.0495. The number of allylic oxidation sites excluding steroid dienone is 2. The summed E-state index contributed by atoms with van der Waals surface area (Å²) < 4.78 is 5.23. The number of hydrogen-bond donors (Lipinski definition) is 1. The summed E-state index contributed by atoms with van der Waals surface area (Å²) in [5.41, 5.74) is 2.12. The van der Waals surface area contributed by atoms with Crippen LogP contribution in [0.5, 0.6) is 5.75 Å². The lowest BCUT2D eigenvalue weighted by atomic mass is 9.61. The molecule has 0 amide bonds. The van der Waals surface area contributed by atoms with Crippen molar-refractivity contribution in [3.8, 4) is 5.75 Å². The Balaban J connectivity index is 2.59. The predicted molar refractivity (Wildman–Crippen MR) is 106 cm³/mol. The fraction of sp³-hybridized carbons (Fsp3) is 0.500. The second kappa shape index (κ2) is 6.95. The van der Waals surface area contributed by atoms with Crippen molar-refractivity contribution >= 4 is 23.2 Å². The highest BCUT2D eigenvalue weighted by Crippen LogP contribution is 2.47. The lowest BCUT2D eigenvalue weighted by Gasteiger charge is -2.41. The highest BCUT2D eigenvalue weighted by molar-refractivity contribution is 6.13. The molecule has 0 saturated carbocycles. The van der Waals surface area contributed by atoms with Gasteiger partial charge in [0.15, 0.2) is 11.5 Å². The Labute approximate surface area is 161 Å². The van der Waals surface area contributed by atoms with Gasteiger partial charge in [-0.05, 0) is 51.8 Å². The standard InChI is InChI=1S/C22H29NO4/c1-12-15(9-10-17(18(12)23-8)27-14(3)24)19(25)16-11-21(4,5)20(26)22(6,7)13(16)2/h9-10,23H,11H2,1-8H3. The van der Waals surface area contributed by atoms with E-state index in [0.717, 1.165) is 5.57 Å². The molecule has 0 unspecified atom stereocenters. The lowest BCUT2D eigenvalue weighted by molar-refractivity contribution is -0.135. The van der Waals surface area contributed by atoms with E-state index in [1.807, 2.05) is 41.5 Å². The van der Waals surface area contributed by atoms with Gasteiger partial charge < -0.3 is 10.1 Å². The van der Waals surface area contributed by atoms with Gasteiger partial charge in [-0.3, -0.25) is 14.4 Å². The van der Waals surface area contributed by atoms with Gasteiger partial charge in [-0.2, -0.15) is 0 Å². The fourth-order valence-corrected chi connectivity index (χ4v) is 3.94. The van der Waals surface area contributed by atoms with E-state index in [0.29, 0.717) is 34.6 Å². The predicted octanol–water partition coefficient (Wildman–Crippen LogP) is 4.49. The van der Waals surface area contributed by atoms with Crippen molar-refractivity contribution in [2.24, 2.45) is 10.8 Å². The average molecular weight is 371 g/mol. The molecule has 27 heavy (non-hydrogen) atoms. The maximum atomic E-state index is 13.4. The number of anilines is 1. The van der Waals surface area contributed by atoms with E-state index in [4.69, 9.17) is 4.74 Å². The zero-order valence-electron chi connectivity index (χ0n) is 17.5. The minimum Gasteiger partial charge on any atom is -0.424 e. The Morgan fingerprint density at radius 2 is 1.70 bits per heavy atom. The first kappa shape index (κ1) is 20.9. The molecule has 1 aliphatic rings. The van der Waals surface area contributed by atoms with Crippen molar-refractivity contribution in [3.63, 3.8) is 0 Å². The molecule has 1 aliphatic carbocycles. The van der Waals surface area contributed by atoms with Crippen LogP contribution in [-0.2, 0) is 9.59 Å². The number of esters is 1. The van der Waals surface area contributed by atoms with Crippen molar-refractivity contribution in [2.45, 2.75) is 54.9 Å². The topological polar surface area (TPSA) is 72.5 Å². The highest BCUT2D eigenvalue weighted by atomic mass is 16.5. The average Bonchev–Trinajstić information content (AvgIpc) is 2.56. The Hall–Kier alpha value is -2.43. The van der Waals surface area contributed by atoms with Crippen molar-refractivity contribution in [1.82, 2.24) is 0 Å². The maximum Gasteiger partial charge on any atom is 0.308 e. The largest absolute Gasteiger partial charge is 0.424 e. The van der Waals surface area contributed by atoms with Gasteiger partial charge in [0, 0.05) is 35.9 Å². The zero-order valence-corrected chi connectivity index (χ0v) is 17.5. The molecule has 1 N–H and O–H groups in total. The molecule has 0 bridgehead atoms. The van der Waals surface area contributed by atoms with E-state index in [1.54, 1.807) is 19.2 Å². The van der Waals surface area contributed by atoms with Gasteiger partial charge in [0.05, 0.1) is 5.69 Å². The molecule has 146 valence electrons. The minimum atomic E-state index is -0.676. The minimum absolute atomic E-state index is 0.0791. The molecular weight excluding hydrogens is 342 g/mol. The molecule has 0 fully saturated rings. The normalized spacial score (nSPS) is 18.3. The van der Waals surface area contributed by atoms with Crippen molar-refractivity contribution in [2.75, 3.05) is 12.4 Å². The Bertz CT molecular complexity index is 859. The third-order valence-electron chi connectivity index (χ3n) is 5.64. The molecule has 0 atom stereocenters. The number of carbonyl (C=O) groups is 3. The molecule has 0 spiro atoms. The van der Waals surface area contributed by atoms with Gasteiger partial charge in [-0.25, -0.2) is 0 Å². The number of rotatable bonds is 4. The van der Waals surface area contributed by atoms with Crippen LogP contribution in [0.25, 0.3) is 0 Å². The van der Waals surface area contributed by atoms with Gasteiger partial charge in [-0.1, -0.05) is 19.4 Å². The molecule has 1 aromatic carbocycles. The number of ketones is 2. The number of benzene rings is 1. The second-order valence-corrected chi connectivity index (χ2v) is 8.40. The summed E-state index contributed by atoms with van der Waals surface area (Å²) in [6, 6.07) is 3.32. The van der Waals surface area contributed by atoms with E-state index >= 15 is 0 Å². The fourth-order valence-electron chi connectivity index (χ4n) is 3.94. The van der Waals surface area contributed by atoms with Crippen molar-refractivity contribution in [1.29, 1.82) is 0 Å². The summed E-state index contributed by atoms with van der Waals surface area (Å²) in [6.45, 7) is 12.6. The van der Waals surface area contributed by atoms with E-state index in [9.17, 15) is 14.4 Å². The molecule has 5 nitrogen and oxygen atoms in total. The molecule has 0 radical (unpaired) electrons. The molecule has 2 rings (SSSR count). The van der Waals surface area contributed by atoms with Gasteiger partial charge in [0.1, 0.15) is 5.78 Å². The highest BCUT2D eigenvalue weighted by Gasteiger charge is 2.47. The Morgan fingerprint density at radius 1 is 1.11 bits per heavy atom. The van der Waals surface area contributed by atoms with Crippen LogP contribution in [0.15, 0.2) is 23.3 Å². The first-order chi connectivity index (χ1) is 12.3. The Morgan fingerprint density at radius 3 is 2.22 bits per heavy atom. The molecule has 0 aromatic heterocycles. The van der Waals surface area contributed by atoms with Crippen LogP contribution in [0.2, 0.25) is 0 Å². The number of carbonyl (C=O) groups excluding carboxylic acids is 3. The third-order valence-corrected chi connectivity index (χ3v) is 5.64. The number of nitrogens with one attached hydrogen (secondary N) is 1.